The van der Waals surface area contributed by atoms with Crippen LogP contribution in [0.1, 0.15) is 47.4 Å². The summed E-state index contributed by atoms with van der Waals surface area (Å²) >= 11 is 0. The SMILES string of the molecule is CCC(CC)CN1CCN(c2cccc3c2C(=O)N(C[C@@H]2COc4ccccc4O2)C3=O)CC1. The van der Waals surface area contributed by atoms with Crippen LogP contribution in [0.2, 0.25) is 0 Å². The number of hydrogen-bond acceptors (Lipinski definition) is 6. The van der Waals surface area contributed by atoms with E-state index in [2.05, 4.69) is 23.6 Å². The second-order valence-corrected chi connectivity index (χ2v) is 9.39. The normalized spacial score (nSPS) is 20.3. The number of benzene rings is 2. The summed E-state index contributed by atoms with van der Waals surface area (Å²) in [5.41, 5.74) is 1.88. The Morgan fingerprint density at radius 2 is 1.65 bits per heavy atom. The van der Waals surface area contributed by atoms with Crippen molar-refractivity contribution in [2.24, 2.45) is 5.92 Å². The van der Waals surface area contributed by atoms with E-state index in [-0.39, 0.29) is 18.4 Å². The molecule has 0 bridgehead atoms. The lowest BCUT2D eigenvalue weighted by Crippen LogP contribution is -2.48. The van der Waals surface area contributed by atoms with Gasteiger partial charge in [0.05, 0.1) is 23.4 Å². The van der Waals surface area contributed by atoms with E-state index in [9.17, 15) is 9.59 Å². The Hall–Kier alpha value is -3.06. The number of rotatable bonds is 7. The monoisotopic (exact) mass is 463 g/mol. The lowest BCUT2D eigenvalue weighted by atomic mass is 10.0. The molecule has 180 valence electrons. The average molecular weight is 464 g/mol. The lowest BCUT2D eigenvalue weighted by Gasteiger charge is -2.38. The minimum absolute atomic E-state index is 0.170. The largest absolute Gasteiger partial charge is 0.486 e. The highest BCUT2D eigenvalue weighted by Crippen LogP contribution is 2.35. The Morgan fingerprint density at radius 1 is 0.912 bits per heavy atom. The topological polar surface area (TPSA) is 62.3 Å². The molecule has 0 aromatic heterocycles. The molecule has 3 heterocycles. The van der Waals surface area contributed by atoms with E-state index in [1.807, 2.05) is 36.4 Å². The summed E-state index contributed by atoms with van der Waals surface area (Å²) in [6.45, 7) is 9.77. The number of hydrogen-bond donors (Lipinski definition) is 0. The molecule has 0 aliphatic carbocycles. The van der Waals surface area contributed by atoms with E-state index >= 15 is 0 Å². The number of imide groups is 1. The van der Waals surface area contributed by atoms with Crippen molar-refractivity contribution in [2.45, 2.75) is 32.8 Å². The fraction of sp³-hybridized carbons (Fsp3) is 0.481. The molecule has 3 aliphatic heterocycles. The molecule has 2 amide bonds. The molecule has 1 atom stereocenters. The van der Waals surface area contributed by atoms with Gasteiger partial charge < -0.3 is 14.4 Å². The van der Waals surface area contributed by atoms with Gasteiger partial charge in [0.2, 0.25) is 0 Å². The quantitative estimate of drug-likeness (QED) is 0.584. The summed E-state index contributed by atoms with van der Waals surface area (Å²) in [6.07, 6.45) is 2.02. The number of para-hydroxylation sites is 2. The van der Waals surface area contributed by atoms with Crippen LogP contribution in [0.5, 0.6) is 11.5 Å². The highest BCUT2D eigenvalue weighted by atomic mass is 16.6. The van der Waals surface area contributed by atoms with Crippen molar-refractivity contribution in [2.75, 3.05) is 50.8 Å². The number of nitrogens with zero attached hydrogens (tertiary/aromatic N) is 3. The van der Waals surface area contributed by atoms with Crippen LogP contribution < -0.4 is 14.4 Å². The fourth-order valence-electron chi connectivity index (χ4n) is 5.19. The molecule has 0 unspecified atom stereocenters. The molecule has 1 saturated heterocycles. The molecule has 0 N–H and O–H groups in total. The van der Waals surface area contributed by atoms with E-state index in [0.717, 1.165) is 44.3 Å². The Balaban J connectivity index is 1.28. The van der Waals surface area contributed by atoms with Crippen molar-refractivity contribution >= 4 is 17.5 Å². The predicted octanol–water partition coefficient (Wildman–Crippen LogP) is 3.68. The first kappa shape index (κ1) is 22.7. The van der Waals surface area contributed by atoms with Gasteiger partial charge in [0.1, 0.15) is 6.61 Å². The van der Waals surface area contributed by atoms with Crippen LogP contribution in [0.15, 0.2) is 42.5 Å². The van der Waals surface area contributed by atoms with Crippen molar-refractivity contribution in [3.63, 3.8) is 0 Å². The number of piperazine rings is 1. The Bertz CT molecular complexity index is 1060. The summed E-state index contributed by atoms with van der Waals surface area (Å²) in [6, 6.07) is 13.1. The van der Waals surface area contributed by atoms with Gasteiger partial charge in [-0.2, -0.15) is 0 Å². The highest BCUT2D eigenvalue weighted by Gasteiger charge is 2.40. The number of ether oxygens (including phenoxy) is 2. The standard InChI is InChI=1S/C27H33N3O4/c1-3-19(4-2)16-28-12-14-29(15-13-28)22-9-7-8-21-25(22)27(32)30(26(21)31)17-20-18-33-23-10-5-6-11-24(23)34-20/h5-11,19-20H,3-4,12-18H2,1-2H3/t20-/m1/s1. The molecule has 3 aliphatic rings. The van der Waals surface area contributed by atoms with Crippen molar-refractivity contribution in [1.29, 1.82) is 0 Å². The maximum Gasteiger partial charge on any atom is 0.263 e. The molecule has 1 fully saturated rings. The molecule has 2 aromatic carbocycles. The third kappa shape index (κ3) is 4.25. The van der Waals surface area contributed by atoms with Gasteiger partial charge in [0.15, 0.2) is 17.6 Å². The molecular weight excluding hydrogens is 430 g/mol. The van der Waals surface area contributed by atoms with Crippen LogP contribution in [-0.4, -0.2) is 73.6 Å². The van der Waals surface area contributed by atoms with Gasteiger partial charge in [0.25, 0.3) is 11.8 Å². The van der Waals surface area contributed by atoms with Crippen LogP contribution >= 0.6 is 0 Å². The second kappa shape index (κ2) is 9.66. The lowest BCUT2D eigenvalue weighted by molar-refractivity contribution is 0.0430. The van der Waals surface area contributed by atoms with Crippen molar-refractivity contribution in [3.8, 4) is 11.5 Å². The first-order chi connectivity index (χ1) is 16.6. The van der Waals surface area contributed by atoms with E-state index in [1.165, 1.54) is 17.7 Å². The predicted molar refractivity (Wildman–Crippen MR) is 131 cm³/mol. The van der Waals surface area contributed by atoms with E-state index in [0.29, 0.717) is 29.2 Å². The van der Waals surface area contributed by atoms with Gasteiger partial charge >= 0.3 is 0 Å². The third-order valence-corrected chi connectivity index (χ3v) is 7.31. The van der Waals surface area contributed by atoms with Crippen molar-refractivity contribution in [1.82, 2.24) is 9.80 Å². The van der Waals surface area contributed by atoms with Crippen molar-refractivity contribution < 1.29 is 19.1 Å². The summed E-state index contributed by atoms with van der Waals surface area (Å²) < 4.78 is 11.8. The molecule has 5 rings (SSSR count). The highest BCUT2D eigenvalue weighted by molar-refractivity contribution is 6.23. The first-order valence-corrected chi connectivity index (χ1v) is 12.4. The smallest absolute Gasteiger partial charge is 0.263 e. The minimum atomic E-state index is -0.394. The van der Waals surface area contributed by atoms with Crippen molar-refractivity contribution in [3.05, 3.63) is 53.6 Å². The van der Waals surface area contributed by atoms with Crippen LogP contribution in [0.25, 0.3) is 0 Å². The van der Waals surface area contributed by atoms with Gasteiger partial charge in [0, 0.05) is 32.7 Å². The molecule has 0 radical (unpaired) electrons. The summed E-state index contributed by atoms with van der Waals surface area (Å²) in [5.74, 6) is 1.57. The average Bonchev–Trinajstić information content (AvgIpc) is 3.12. The van der Waals surface area contributed by atoms with Crippen LogP contribution in [0.3, 0.4) is 0 Å². The Labute approximate surface area is 201 Å². The minimum Gasteiger partial charge on any atom is -0.486 e. The van der Waals surface area contributed by atoms with Gasteiger partial charge in [-0.15, -0.1) is 0 Å². The zero-order valence-electron chi connectivity index (χ0n) is 20.0. The first-order valence-electron chi connectivity index (χ1n) is 12.4. The Kier molecular flexibility index (Phi) is 6.46. The maximum atomic E-state index is 13.4. The van der Waals surface area contributed by atoms with E-state index in [1.54, 1.807) is 6.07 Å². The third-order valence-electron chi connectivity index (χ3n) is 7.31. The molecular formula is C27H33N3O4. The van der Waals surface area contributed by atoms with Gasteiger partial charge in [-0.1, -0.05) is 44.9 Å². The zero-order chi connectivity index (χ0) is 23.7. The number of amides is 2. The Morgan fingerprint density at radius 3 is 2.38 bits per heavy atom. The molecule has 0 saturated carbocycles. The summed E-state index contributed by atoms with van der Waals surface area (Å²) in [5, 5.41) is 0. The molecule has 2 aromatic rings. The van der Waals surface area contributed by atoms with Crippen LogP contribution in [0.4, 0.5) is 5.69 Å². The van der Waals surface area contributed by atoms with E-state index in [4.69, 9.17) is 9.47 Å². The number of carbonyl (C=O) groups is 2. The maximum absolute atomic E-state index is 13.4. The van der Waals surface area contributed by atoms with Crippen LogP contribution in [-0.2, 0) is 0 Å². The zero-order valence-corrected chi connectivity index (χ0v) is 20.0. The molecule has 7 heteroatoms. The fourth-order valence-corrected chi connectivity index (χ4v) is 5.19. The number of anilines is 1. The second-order valence-electron chi connectivity index (χ2n) is 9.39. The number of fused-ring (bicyclic) bond motifs is 2. The van der Waals surface area contributed by atoms with E-state index < -0.39 is 6.10 Å². The molecule has 34 heavy (non-hydrogen) atoms. The van der Waals surface area contributed by atoms with Gasteiger partial charge in [-0.25, -0.2) is 0 Å². The summed E-state index contributed by atoms with van der Waals surface area (Å²) in [4.78, 5) is 32.7. The summed E-state index contributed by atoms with van der Waals surface area (Å²) in [7, 11) is 0. The molecule has 7 nitrogen and oxygen atoms in total. The van der Waals surface area contributed by atoms with Gasteiger partial charge in [-0.3, -0.25) is 19.4 Å². The number of carbonyl (C=O) groups excluding carboxylic acids is 2. The molecule has 0 spiro atoms. The van der Waals surface area contributed by atoms with Gasteiger partial charge in [-0.05, 0) is 30.2 Å². The van der Waals surface area contributed by atoms with Crippen LogP contribution in [0, 0.1) is 5.92 Å².